The first-order valence-electron chi connectivity index (χ1n) is 6.62. The molecule has 1 unspecified atom stereocenters. The van der Waals surface area contributed by atoms with Crippen molar-refractivity contribution in [1.29, 1.82) is 0 Å². The van der Waals surface area contributed by atoms with E-state index in [1.54, 1.807) is 30.1 Å². The van der Waals surface area contributed by atoms with Crippen LogP contribution in [0.3, 0.4) is 0 Å². The third-order valence-electron chi connectivity index (χ3n) is 2.43. The Kier molecular flexibility index (Phi) is 7.78. The number of hydrogen-bond acceptors (Lipinski definition) is 4. The van der Waals surface area contributed by atoms with Crippen LogP contribution in [0.5, 0.6) is 0 Å². The smallest absolute Gasteiger partial charge is 0.271 e. The van der Waals surface area contributed by atoms with Gasteiger partial charge in [-0.15, -0.1) is 0 Å². The first-order chi connectivity index (χ1) is 9.69. The molecule has 0 saturated carbocycles. The van der Waals surface area contributed by atoms with Crippen LogP contribution < -0.4 is 5.32 Å². The molecule has 0 bridgehead atoms. The summed E-state index contributed by atoms with van der Waals surface area (Å²) in [6.07, 6.45) is 1.97. The van der Waals surface area contributed by atoms with Gasteiger partial charge in [0.2, 0.25) is 0 Å². The van der Waals surface area contributed by atoms with Gasteiger partial charge in [0.05, 0.1) is 12.2 Å². The average molecular weight is 292 g/mol. The molecule has 4 nitrogen and oxygen atoms in total. The quantitative estimate of drug-likeness (QED) is 0.783. The number of carbonyl (C=O) groups is 1. The van der Waals surface area contributed by atoms with E-state index in [1.165, 1.54) is 0 Å². The molecule has 1 aromatic heterocycles. The average Bonchev–Trinajstić information content (AvgIpc) is 2.46. The first-order valence-corrected chi connectivity index (χ1v) is 7.77. The number of nitrogens with one attached hydrogen (secondary N) is 1. The lowest BCUT2D eigenvalue weighted by atomic mass is 10.1. The molecule has 1 aromatic rings. The van der Waals surface area contributed by atoms with E-state index in [9.17, 15) is 4.79 Å². The summed E-state index contributed by atoms with van der Waals surface area (Å²) in [4.78, 5) is 16.3. The minimum absolute atomic E-state index is 0.0140. The van der Waals surface area contributed by atoms with Crippen LogP contribution in [0.25, 0.3) is 0 Å². The van der Waals surface area contributed by atoms with E-state index < -0.39 is 0 Å². The molecule has 0 radical (unpaired) electrons. The van der Waals surface area contributed by atoms with Crippen LogP contribution in [0.4, 0.5) is 0 Å². The third kappa shape index (κ3) is 5.64. The van der Waals surface area contributed by atoms with E-state index >= 15 is 0 Å². The number of carbonyl (C=O) groups excluding carboxylic acids is 1. The Morgan fingerprint density at radius 3 is 3.10 bits per heavy atom. The molecule has 0 aromatic carbocycles. The summed E-state index contributed by atoms with van der Waals surface area (Å²) in [5.41, 5.74) is 0.931. The zero-order valence-electron chi connectivity index (χ0n) is 11.8. The highest BCUT2D eigenvalue weighted by atomic mass is 32.2. The Labute approximate surface area is 124 Å². The highest BCUT2D eigenvalue weighted by Gasteiger charge is 2.13. The van der Waals surface area contributed by atoms with Crippen LogP contribution in [0.15, 0.2) is 18.3 Å². The Balaban J connectivity index is 2.75. The summed E-state index contributed by atoms with van der Waals surface area (Å²) in [5.74, 6) is 7.38. The van der Waals surface area contributed by atoms with Gasteiger partial charge in [-0.05, 0) is 24.8 Å². The van der Waals surface area contributed by atoms with Crippen LogP contribution >= 0.6 is 11.8 Å². The lowest BCUT2D eigenvalue weighted by Gasteiger charge is -2.13. The molecule has 20 heavy (non-hydrogen) atoms. The molecule has 0 spiro atoms. The molecule has 1 rings (SSSR count). The highest BCUT2D eigenvalue weighted by Crippen LogP contribution is 2.06. The molecule has 2 N–H and O–H groups in total. The fourth-order valence-electron chi connectivity index (χ4n) is 1.53. The van der Waals surface area contributed by atoms with Crippen LogP contribution in [-0.2, 0) is 0 Å². The molecule has 108 valence electrons. The van der Waals surface area contributed by atoms with Crippen molar-refractivity contribution in [2.75, 3.05) is 18.1 Å². The lowest BCUT2D eigenvalue weighted by molar-refractivity contribution is 0.0938. The van der Waals surface area contributed by atoms with E-state index in [2.05, 4.69) is 29.1 Å². The van der Waals surface area contributed by atoms with Gasteiger partial charge in [-0.1, -0.05) is 18.8 Å². The molecule has 0 aliphatic heterocycles. The van der Waals surface area contributed by atoms with Crippen molar-refractivity contribution in [2.24, 2.45) is 0 Å². The molecule has 5 heteroatoms. The summed E-state index contributed by atoms with van der Waals surface area (Å²) >= 11 is 1.78. The third-order valence-corrected chi connectivity index (χ3v) is 3.58. The molecule has 1 atom stereocenters. The van der Waals surface area contributed by atoms with E-state index in [1.807, 2.05) is 6.92 Å². The van der Waals surface area contributed by atoms with E-state index in [4.69, 9.17) is 5.11 Å². The number of aliphatic hydroxyl groups is 1. The minimum atomic E-state index is -0.205. The van der Waals surface area contributed by atoms with Crippen LogP contribution in [-0.4, -0.2) is 40.2 Å². The molecule has 1 amide bonds. The zero-order chi connectivity index (χ0) is 14.8. The molecular weight excluding hydrogens is 272 g/mol. The van der Waals surface area contributed by atoms with Gasteiger partial charge in [-0.2, -0.15) is 11.8 Å². The number of aliphatic hydroxyl groups excluding tert-OH is 1. The number of aromatic nitrogens is 1. The standard InChI is InChI=1S/C15H20N2O2S/c1-3-20-11-12(2)17-15(19)14-13(7-4-5-10-18)8-6-9-16-14/h6,8-9,12,18H,3,5,10-11H2,1-2H3,(H,17,19). The van der Waals surface area contributed by atoms with Crippen molar-refractivity contribution in [3.8, 4) is 11.8 Å². The largest absolute Gasteiger partial charge is 0.395 e. The number of rotatable bonds is 6. The van der Waals surface area contributed by atoms with E-state index in [-0.39, 0.29) is 18.6 Å². The maximum Gasteiger partial charge on any atom is 0.271 e. The van der Waals surface area contributed by atoms with Crippen molar-refractivity contribution in [1.82, 2.24) is 10.3 Å². The highest BCUT2D eigenvalue weighted by molar-refractivity contribution is 7.99. The van der Waals surface area contributed by atoms with E-state index in [0.29, 0.717) is 17.7 Å². The van der Waals surface area contributed by atoms with Gasteiger partial charge in [0.1, 0.15) is 5.69 Å². The lowest BCUT2D eigenvalue weighted by Crippen LogP contribution is -2.35. The predicted molar refractivity (Wildman–Crippen MR) is 82.7 cm³/mol. The fraction of sp³-hybridized carbons (Fsp3) is 0.467. The van der Waals surface area contributed by atoms with Gasteiger partial charge < -0.3 is 10.4 Å². The Hall–Kier alpha value is -1.51. The van der Waals surface area contributed by atoms with Crippen molar-refractivity contribution in [3.05, 3.63) is 29.6 Å². The summed E-state index contributed by atoms with van der Waals surface area (Å²) in [7, 11) is 0. The molecule has 0 saturated heterocycles. The predicted octanol–water partition coefficient (Wildman–Crippen LogP) is 1.69. The van der Waals surface area contributed by atoms with Crippen LogP contribution in [0.2, 0.25) is 0 Å². The number of hydrogen-bond donors (Lipinski definition) is 2. The van der Waals surface area contributed by atoms with Crippen molar-refractivity contribution < 1.29 is 9.90 Å². The second-order valence-electron chi connectivity index (χ2n) is 4.21. The second kappa shape index (κ2) is 9.40. The summed E-state index contributed by atoms with van der Waals surface area (Å²) in [6, 6.07) is 3.60. The Bertz CT molecular complexity index is 494. The summed E-state index contributed by atoms with van der Waals surface area (Å²) in [5, 5.41) is 11.6. The van der Waals surface area contributed by atoms with Crippen molar-refractivity contribution in [2.45, 2.75) is 26.3 Å². The number of amides is 1. The van der Waals surface area contributed by atoms with Crippen molar-refractivity contribution >= 4 is 17.7 Å². The van der Waals surface area contributed by atoms with Gasteiger partial charge in [0.15, 0.2) is 0 Å². The number of pyridine rings is 1. The molecule has 1 heterocycles. The SMILES string of the molecule is CCSCC(C)NC(=O)c1ncccc1C#CCCO. The topological polar surface area (TPSA) is 62.2 Å². The van der Waals surface area contributed by atoms with Gasteiger partial charge in [-0.3, -0.25) is 4.79 Å². The Morgan fingerprint density at radius 1 is 1.60 bits per heavy atom. The maximum absolute atomic E-state index is 12.2. The zero-order valence-corrected chi connectivity index (χ0v) is 12.7. The Morgan fingerprint density at radius 2 is 2.40 bits per heavy atom. The fourth-order valence-corrected chi connectivity index (χ4v) is 2.20. The summed E-state index contributed by atoms with van der Waals surface area (Å²) in [6.45, 7) is 4.08. The van der Waals surface area contributed by atoms with Gasteiger partial charge >= 0.3 is 0 Å². The molecular formula is C15H20N2O2S. The van der Waals surface area contributed by atoms with Gasteiger partial charge in [0, 0.05) is 24.4 Å². The number of thioether (sulfide) groups is 1. The van der Waals surface area contributed by atoms with Crippen LogP contribution in [0, 0.1) is 11.8 Å². The van der Waals surface area contributed by atoms with Crippen molar-refractivity contribution in [3.63, 3.8) is 0 Å². The molecule has 0 fully saturated rings. The minimum Gasteiger partial charge on any atom is -0.395 e. The summed E-state index contributed by atoms with van der Waals surface area (Å²) < 4.78 is 0. The van der Waals surface area contributed by atoms with Gasteiger partial charge in [-0.25, -0.2) is 4.98 Å². The monoisotopic (exact) mass is 292 g/mol. The molecule has 0 aliphatic rings. The first kappa shape index (κ1) is 16.5. The van der Waals surface area contributed by atoms with Crippen LogP contribution in [0.1, 0.15) is 36.3 Å². The normalized spacial score (nSPS) is 11.3. The van der Waals surface area contributed by atoms with Gasteiger partial charge in [0.25, 0.3) is 5.91 Å². The molecule has 0 aliphatic carbocycles. The second-order valence-corrected chi connectivity index (χ2v) is 5.53. The number of nitrogens with zero attached hydrogens (tertiary/aromatic N) is 1. The maximum atomic E-state index is 12.2. The van der Waals surface area contributed by atoms with E-state index in [0.717, 1.165) is 11.5 Å².